The molecule has 0 aromatic heterocycles. The highest BCUT2D eigenvalue weighted by Crippen LogP contribution is 2.15. The number of nitrogens with one attached hydrogen (secondary N) is 2. The van der Waals surface area contributed by atoms with Crippen LogP contribution < -0.4 is 27.2 Å². The molecule has 0 saturated carbocycles. The summed E-state index contributed by atoms with van der Waals surface area (Å²) in [5.74, 6) is -1.56. The van der Waals surface area contributed by atoms with E-state index in [9.17, 15) is 18.0 Å². The number of halogens is 1. The van der Waals surface area contributed by atoms with Crippen LogP contribution in [0.4, 0.5) is 0 Å². The second-order valence-corrected chi connectivity index (χ2v) is 9.38. The molecule has 0 heterocycles. The summed E-state index contributed by atoms with van der Waals surface area (Å²) in [6.45, 7) is 0.193. The summed E-state index contributed by atoms with van der Waals surface area (Å²) in [6, 6.07) is 12.2. The molecule has 0 aliphatic rings. The summed E-state index contributed by atoms with van der Waals surface area (Å²) in [6.07, 6.45) is 0.540. The molecular formula is C21H27ClN6O4S. The Kier molecular flexibility index (Phi) is 9.64. The molecule has 178 valence electrons. The standard InChI is InChI=1S/C21H27ClN6O4S/c22-15-8-10-16(11-9-15)33(31,32)28-17(7-4-12-26-21(24)25)20(30)27-18(19(23)29)13-14-5-2-1-3-6-14/h1-3,5-6,8-11,17-18,28H,4,7,12-13H2,(H2,23,29)(H,27,30)(H4,24,25,26)/t17-,18-/m0/s1. The van der Waals surface area contributed by atoms with Gasteiger partial charge in [-0.25, -0.2) is 8.42 Å². The molecule has 0 aliphatic heterocycles. The molecule has 0 spiro atoms. The summed E-state index contributed by atoms with van der Waals surface area (Å²) >= 11 is 5.83. The fraction of sp³-hybridized carbons (Fsp3) is 0.286. The van der Waals surface area contributed by atoms with Crippen molar-refractivity contribution in [3.63, 3.8) is 0 Å². The molecule has 0 fully saturated rings. The molecule has 10 nitrogen and oxygen atoms in total. The lowest BCUT2D eigenvalue weighted by atomic mass is 10.0. The molecule has 0 unspecified atom stereocenters. The molecule has 12 heteroatoms. The van der Waals surface area contributed by atoms with Crippen LogP contribution in [0, 0.1) is 0 Å². The van der Waals surface area contributed by atoms with E-state index >= 15 is 0 Å². The molecule has 2 rings (SSSR count). The zero-order chi connectivity index (χ0) is 24.4. The molecule has 2 aromatic carbocycles. The van der Waals surface area contributed by atoms with Crippen LogP contribution in [-0.4, -0.2) is 44.8 Å². The molecule has 2 aromatic rings. The molecule has 0 bridgehead atoms. The third-order valence-corrected chi connectivity index (χ3v) is 6.37. The maximum Gasteiger partial charge on any atom is 0.241 e. The van der Waals surface area contributed by atoms with Crippen LogP contribution in [0.5, 0.6) is 0 Å². The van der Waals surface area contributed by atoms with Crippen molar-refractivity contribution >= 4 is 39.4 Å². The lowest BCUT2D eigenvalue weighted by Gasteiger charge is -2.22. The first-order valence-corrected chi connectivity index (χ1v) is 11.9. The topological polar surface area (TPSA) is 183 Å². The molecule has 0 saturated heterocycles. The lowest BCUT2D eigenvalue weighted by Crippen LogP contribution is -2.53. The number of amides is 2. The maximum absolute atomic E-state index is 13.0. The van der Waals surface area contributed by atoms with E-state index in [4.69, 9.17) is 28.8 Å². The van der Waals surface area contributed by atoms with Gasteiger partial charge in [-0.15, -0.1) is 0 Å². The fourth-order valence-electron chi connectivity index (χ4n) is 2.96. The predicted octanol–water partition coefficient (Wildman–Crippen LogP) is 0.253. The number of nitrogens with zero attached hydrogens (tertiary/aromatic N) is 1. The molecule has 8 N–H and O–H groups in total. The normalized spacial score (nSPS) is 13.0. The smallest absolute Gasteiger partial charge is 0.241 e. The highest BCUT2D eigenvalue weighted by atomic mass is 35.5. The molecule has 2 amide bonds. The molecule has 2 atom stereocenters. The number of rotatable bonds is 12. The van der Waals surface area contributed by atoms with Crippen LogP contribution >= 0.6 is 11.6 Å². The van der Waals surface area contributed by atoms with Crippen LogP contribution in [0.25, 0.3) is 0 Å². The Balaban J connectivity index is 2.19. The van der Waals surface area contributed by atoms with E-state index in [-0.39, 0.29) is 30.2 Å². The fourth-order valence-corrected chi connectivity index (χ4v) is 4.32. The monoisotopic (exact) mass is 494 g/mol. The van der Waals surface area contributed by atoms with Crippen molar-refractivity contribution < 1.29 is 18.0 Å². The predicted molar refractivity (Wildman–Crippen MR) is 127 cm³/mol. The van der Waals surface area contributed by atoms with Gasteiger partial charge in [-0.2, -0.15) is 4.72 Å². The van der Waals surface area contributed by atoms with E-state index in [0.29, 0.717) is 11.4 Å². The van der Waals surface area contributed by atoms with Crippen molar-refractivity contribution in [3.8, 4) is 0 Å². The number of benzene rings is 2. The number of primary amides is 1. The number of carbonyl (C=O) groups is 2. The average molecular weight is 495 g/mol. The largest absolute Gasteiger partial charge is 0.370 e. The molecule has 0 aliphatic carbocycles. The SMILES string of the molecule is NC(=O)[C@H](Cc1ccccc1)NC(=O)[C@H](CCCN=C(N)N)NS(=O)(=O)c1ccc(Cl)cc1. The third-order valence-electron chi connectivity index (χ3n) is 4.63. The average Bonchev–Trinajstić information content (AvgIpc) is 2.76. The van der Waals surface area contributed by atoms with Gasteiger partial charge in [0.15, 0.2) is 5.96 Å². The van der Waals surface area contributed by atoms with Gasteiger partial charge < -0.3 is 22.5 Å². The highest BCUT2D eigenvalue weighted by Gasteiger charge is 2.28. The number of sulfonamides is 1. The number of hydrogen-bond acceptors (Lipinski definition) is 5. The minimum Gasteiger partial charge on any atom is -0.370 e. The Labute approximate surface area is 197 Å². The van der Waals surface area contributed by atoms with E-state index in [0.717, 1.165) is 5.56 Å². The van der Waals surface area contributed by atoms with Crippen LogP contribution in [0.3, 0.4) is 0 Å². The van der Waals surface area contributed by atoms with Crippen molar-refractivity contribution in [2.45, 2.75) is 36.2 Å². The zero-order valence-electron chi connectivity index (χ0n) is 17.8. The second-order valence-electron chi connectivity index (χ2n) is 7.23. The number of nitrogens with two attached hydrogens (primary N) is 3. The number of aliphatic imine (C=N–C) groups is 1. The van der Waals surface area contributed by atoms with Gasteiger partial charge >= 0.3 is 0 Å². The van der Waals surface area contributed by atoms with Crippen LogP contribution in [0.2, 0.25) is 5.02 Å². The van der Waals surface area contributed by atoms with Gasteiger partial charge in [0.05, 0.1) is 4.90 Å². The first-order chi connectivity index (χ1) is 15.6. The van der Waals surface area contributed by atoms with Gasteiger partial charge in [0, 0.05) is 18.0 Å². The van der Waals surface area contributed by atoms with Gasteiger partial charge in [-0.05, 0) is 42.7 Å². The minimum absolute atomic E-state index is 0.0651. The van der Waals surface area contributed by atoms with Crippen LogP contribution in [0.1, 0.15) is 18.4 Å². The van der Waals surface area contributed by atoms with Crippen LogP contribution in [0.15, 0.2) is 64.5 Å². The lowest BCUT2D eigenvalue weighted by molar-refractivity contribution is -0.128. The number of guanidine groups is 1. The van der Waals surface area contributed by atoms with Gasteiger partial charge in [0.25, 0.3) is 0 Å². The van der Waals surface area contributed by atoms with Crippen molar-refractivity contribution in [2.75, 3.05) is 6.54 Å². The number of carbonyl (C=O) groups excluding carboxylic acids is 2. The van der Waals surface area contributed by atoms with Crippen molar-refractivity contribution in [3.05, 3.63) is 65.2 Å². The first kappa shape index (κ1) is 26.1. The third kappa shape index (κ3) is 8.72. The molecular weight excluding hydrogens is 468 g/mol. The van der Waals surface area contributed by atoms with E-state index in [2.05, 4.69) is 15.0 Å². The summed E-state index contributed by atoms with van der Waals surface area (Å²) in [4.78, 5) is 28.7. The van der Waals surface area contributed by atoms with Gasteiger partial charge in [0.1, 0.15) is 12.1 Å². The maximum atomic E-state index is 13.0. The quantitative estimate of drug-likeness (QED) is 0.160. The summed E-state index contributed by atoms with van der Waals surface area (Å²) in [7, 11) is -4.06. The van der Waals surface area contributed by atoms with Gasteiger partial charge in [-0.1, -0.05) is 41.9 Å². The van der Waals surface area contributed by atoms with Crippen molar-refractivity contribution in [2.24, 2.45) is 22.2 Å². The van der Waals surface area contributed by atoms with Crippen molar-refractivity contribution in [1.29, 1.82) is 0 Å². The molecule has 0 radical (unpaired) electrons. The Bertz CT molecular complexity index is 1070. The molecule has 33 heavy (non-hydrogen) atoms. The van der Waals surface area contributed by atoms with Gasteiger partial charge in [-0.3, -0.25) is 14.6 Å². The van der Waals surface area contributed by atoms with E-state index < -0.39 is 33.9 Å². The Morgan fingerprint density at radius 3 is 2.18 bits per heavy atom. The summed E-state index contributed by atoms with van der Waals surface area (Å²) in [5, 5.41) is 2.92. The zero-order valence-corrected chi connectivity index (χ0v) is 19.4. The number of hydrogen-bond donors (Lipinski definition) is 5. The summed E-state index contributed by atoms with van der Waals surface area (Å²) in [5.41, 5.74) is 16.9. The Hall–Kier alpha value is -3.15. The van der Waals surface area contributed by atoms with Crippen molar-refractivity contribution in [1.82, 2.24) is 10.0 Å². The van der Waals surface area contributed by atoms with E-state index in [1.165, 1.54) is 24.3 Å². The van der Waals surface area contributed by atoms with E-state index in [1.54, 1.807) is 24.3 Å². The minimum atomic E-state index is -4.06. The highest BCUT2D eigenvalue weighted by molar-refractivity contribution is 7.89. The Morgan fingerprint density at radius 1 is 0.970 bits per heavy atom. The second kappa shape index (κ2) is 12.2. The first-order valence-electron chi connectivity index (χ1n) is 10.1. The van der Waals surface area contributed by atoms with Gasteiger partial charge in [0.2, 0.25) is 21.8 Å². The van der Waals surface area contributed by atoms with E-state index in [1.807, 2.05) is 6.07 Å². The summed E-state index contributed by atoms with van der Waals surface area (Å²) < 4.78 is 28.0. The van der Waals surface area contributed by atoms with Crippen LogP contribution in [-0.2, 0) is 26.0 Å². The Morgan fingerprint density at radius 2 is 1.61 bits per heavy atom.